The lowest BCUT2D eigenvalue weighted by molar-refractivity contribution is -0.375. The van der Waals surface area contributed by atoms with Crippen LogP contribution in [-0.2, 0) is 0 Å². The van der Waals surface area contributed by atoms with Crippen LogP contribution in [0.1, 0.15) is 70.6 Å². The molecular formula is C23H29F11O. The van der Waals surface area contributed by atoms with Crippen LogP contribution < -0.4 is 0 Å². The van der Waals surface area contributed by atoms with Crippen molar-refractivity contribution in [1.29, 1.82) is 0 Å². The first kappa shape index (κ1) is 29.9. The van der Waals surface area contributed by atoms with Crippen LogP contribution in [0.15, 0.2) is 24.1 Å². The quantitative estimate of drug-likeness (QED) is 0.245. The second-order valence-corrected chi connectivity index (χ2v) is 9.83. The Morgan fingerprint density at radius 3 is 1.63 bits per heavy atom. The summed E-state index contributed by atoms with van der Waals surface area (Å²) in [5, 5.41) is 9.40. The van der Waals surface area contributed by atoms with Crippen molar-refractivity contribution in [2.75, 3.05) is 0 Å². The molecule has 2 saturated carbocycles. The highest BCUT2D eigenvalue weighted by Crippen LogP contribution is 2.52. The van der Waals surface area contributed by atoms with Gasteiger partial charge in [-0.1, -0.05) is 44.3 Å². The number of allylic oxidation sites excluding steroid dienone is 2. The van der Waals surface area contributed by atoms with E-state index in [1.165, 1.54) is 0 Å². The third kappa shape index (κ3) is 6.71. The molecule has 0 aromatic heterocycles. The Balaban J connectivity index is 2.24. The van der Waals surface area contributed by atoms with Crippen molar-refractivity contribution < 1.29 is 53.4 Å². The van der Waals surface area contributed by atoms with Crippen LogP contribution >= 0.6 is 0 Å². The third-order valence-electron chi connectivity index (χ3n) is 7.63. The predicted octanol–water partition coefficient (Wildman–Crippen LogP) is 8.89. The normalized spacial score (nSPS) is 24.2. The molecule has 35 heavy (non-hydrogen) atoms. The number of alkyl halides is 8. The molecule has 0 bridgehead atoms. The molecule has 0 aromatic carbocycles. The lowest BCUT2D eigenvalue weighted by atomic mass is 9.68. The van der Waals surface area contributed by atoms with E-state index in [4.69, 9.17) is 0 Å². The first-order chi connectivity index (χ1) is 15.9. The molecule has 1 atom stereocenters. The van der Waals surface area contributed by atoms with Crippen LogP contribution in [0.3, 0.4) is 0 Å². The smallest absolute Gasteiger partial charge is 0.374 e. The van der Waals surface area contributed by atoms with E-state index >= 15 is 0 Å². The average molecular weight is 530 g/mol. The van der Waals surface area contributed by atoms with Crippen molar-refractivity contribution in [3.8, 4) is 0 Å². The molecule has 0 amide bonds. The maximum Gasteiger partial charge on any atom is 0.426 e. The number of hydrogen-bond donors (Lipinski definition) is 1. The van der Waals surface area contributed by atoms with Crippen LogP contribution in [0, 0.1) is 23.7 Å². The summed E-state index contributed by atoms with van der Waals surface area (Å²) < 4.78 is 146. The molecule has 0 saturated heterocycles. The molecule has 2 fully saturated rings. The van der Waals surface area contributed by atoms with Gasteiger partial charge in [0, 0.05) is 12.3 Å². The van der Waals surface area contributed by atoms with Crippen LogP contribution in [0.5, 0.6) is 0 Å². The first-order valence-corrected chi connectivity index (χ1v) is 11.5. The summed E-state index contributed by atoms with van der Waals surface area (Å²) in [4.78, 5) is 0. The summed E-state index contributed by atoms with van der Waals surface area (Å²) in [6, 6.07) is 0. The Hall–Kier alpha value is -1.33. The van der Waals surface area contributed by atoms with E-state index in [-0.39, 0.29) is 5.57 Å². The van der Waals surface area contributed by atoms with Gasteiger partial charge in [0.05, 0.1) is 0 Å². The van der Waals surface area contributed by atoms with Gasteiger partial charge in [-0.25, -0.2) is 0 Å². The van der Waals surface area contributed by atoms with Crippen molar-refractivity contribution in [3.05, 3.63) is 24.1 Å². The van der Waals surface area contributed by atoms with Gasteiger partial charge in [0.2, 0.25) is 5.83 Å². The van der Waals surface area contributed by atoms with Crippen molar-refractivity contribution in [3.63, 3.8) is 0 Å². The van der Waals surface area contributed by atoms with Gasteiger partial charge in [-0.15, -0.1) is 0 Å². The van der Waals surface area contributed by atoms with Gasteiger partial charge >= 0.3 is 24.4 Å². The van der Waals surface area contributed by atoms with Crippen molar-refractivity contribution in [1.82, 2.24) is 0 Å². The van der Waals surface area contributed by atoms with Crippen LogP contribution in [0.25, 0.3) is 0 Å². The number of halogens is 11. The Morgan fingerprint density at radius 1 is 0.743 bits per heavy atom. The van der Waals surface area contributed by atoms with E-state index < -0.39 is 60.5 Å². The van der Waals surface area contributed by atoms with Gasteiger partial charge in [0.1, 0.15) is 0 Å². The number of hydrogen-bond acceptors (Lipinski definition) is 1. The molecule has 204 valence electrons. The third-order valence-corrected chi connectivity index (χ3v) is 7.63. The van der Waals surface area contributed by atoms with Gasteiger partial charge in [0.25, 0.3) is 5.60 Å². The maximum atomic E-state index is 14.5. The highest BCUT2D eigenvalue weighted by atomic mass is 19.4. The molecule has 0 aliphatic heterocycles. The fourth-order valence-electron chi connectivity index (χ4n) is 5.47. The maximum absolute atomic E-state index is 14.5. The van der Waals surface area contributed by atoms with Gasteiger partial charge in [0.15, 0.2) is 0 Å². The summed E-state index contributed by atoms with van der Waals surface area (Å²) in [5.41, 5.74) is -5.82. The lowest BCUT2D eigenvalue weighted by Gasteiger charge is -2.39. The first-order valence-electron chi connectivity index (χ1n) is 11.5. The van der Waals surface area contributed by atoms with Crippen LogP contribution in [0.2, 0.25) is 0 Å². The van der Waals surface area contributed by atoms with Crippen molar-refractivity contribution >= 4 is 0 Å². The lowest BCUT2D eigenvalue weighted by Crippen LogP contribution is -2.59. The topological polar surface area (TPSA) is 20.2 Å². The number of rotatable bonds is 8. The van der Waals surface area contributed by atoms with Crippen molar-refractivity contribution in [2.24, 2.45) is 23.7 Å². The Morgan fingerprint density at radius 2 is 1.20 bits per heavy atom. The van der Waals surface area contributed by atoms with Gasteiger partial charge in [-0.2, -0.15) is 48.3 Å². The van der Waals surface area contributed by atoms with E-state index in [1.54, 1.807) is 0 Å². The number of aliphatic hydroxyl groups is 1. The Labute approximate surface area is 196 Å². The molecular weight excluding hydrogens is 501 g/mol. The highest BCUT2D eigenvalue weighted by Gasteiger charge is 2.72. The van der Waals surface area contributed by atoms with Gasteiger partial charge in [-0.05, 0) is 49.9 Å². The molecule has 1 unspecified atom stereocenters. The molecule has 2 aliphatic rings. The molecule has 0 spiro atoms. The average Bonchev–Trinajstić information content (AvgIpc) is 2.77. The molecule has 0 radical (unpaired) electrons. The largest absolute Gasteiger partial charge is 0.426 e. The fraction of sp³-hybridized carbons (Fsp3) is 0.826. The SMILES string of the molecule is C=C(CC(CC(O)(C(F)(F)F)C(F)(F)F)C(F)(F)C(F)=C(F)F)C1CCC(C2CCCCC2)CC1. The fourth-order valence-corrected chi connectivity index (χ4v) is 5.47. The molecule has 0 aromatic rings. The molecule has 2 rings (SSSR count). The minimum atomic E-state index is -6.46. The summed E-state index contributed by atoms with van der Waals surface area (Å²) >= 11 is 0. The minimum absolute atomic E-state index is 0.171. The summed E-state index contributed by atoms with van der Waals surface area (Å²) in [6.07, 6.45) is -13.0. The molecule has 2 aliphatic carbocycles. The van der Waals surface area contributed by atoms with Gasteiger partial charge < -0.3 is 5.11 Å². The molecule has 1 N–H and O–H groups in total. The van der Waals surface area contributed by atoms with Crippen LogP contribution in [0.4, 0.5) is 48.3 Å². The zero-order valence-electron chi connectivity index (χ0n) is 18.9. The second-order valence-electron chi connectivity index (χ2n) is 9.83. The summed E-state index contributed by atoms with van der Waals surface area (Å²) in [6.45, 7) is 3.52. The minimum Gasteiger partial charge on any atom is -0.374 e. The summed E-state index contributed by atoms with van der Waals surface area (Å²) in [7, 11) is 0. The summed E-state index contributed by atoms with van der Waals surface area (Å²) in [5.74, 6) is -11.8. The van der Waals surface area contributed by atoms with Crippen molar-refractivity contribution in [2.45, 2.75) is 94.5 Å². The van der Waals surface area contributed by atoms with E-state index in [2.05, 4.69) is 6.58 Å². The Kier molecular flexibility index (Phi) is 9.37. The van der Waals surface area contributed by atoms with Gasteiger partial charge in [-0.3, -0.25) is 0 Å². The highest BCUT2D eigenvalue weighted by molar-refractivity contribution is 5.14. The van der Waals surface area contributed by atoms with Crippen LogP contribution in [-0.4, -0.2) is 29.0 Å². The molecule has 1 nitrogen and oxygen atoms in total. The van der Waals surface area contributed by atoms with E-state index in [0.29, 0.717) is 37.5 Å². The van der Waals surface area contributed by atoms with E-state index in [9.17, 15) is 53.4 Å². The second kappa shape index (κ2) is 11.0. The van der Waals surface area contributed by atoms with E-state index in [0.717, 1.165) is 32.1 Å². The zero-order chi connectivity index (χ0) is 26.8. The molecule has 12 heteroatoms. The molecule has 0 heterocycles. The zero-order valence-corrected chi connectivity index (χ0v) is 18.9. The monoisotopic (exact) mass is 530 g/mol. The predicted molar refractivity (Wildman–Crippen MR) is 106 cm³/mol. The Bertz CT molecular complexity index is 736. The standard InChI is InChI=1S/C23H29F11O/c1-13(14-7-9-16(10-8-14)15-5-3-2-4-6-15)11-17(21(27,28)18(24)19(25)26)12-20(35,22(29,30)31)23(32,33)34/h14-17,35H,1-12H2. The van der Waals surface area contributed by atoms with E-state index in [1.807, 2.05) is 0 Å².